The maximum absolute atomic E-state index is 12.2. The number of sulfonamides is 1. The zero-order valence-electron chi connectivity index (χ0n) is 11.4. The van der Waals surface area contributed by atoms with Gasteiger partial charge in [0.2, 0.25) is 10.0 Å². The highest BCUT2D eigenvalue weighted by Crippen LogP contribution is 2.14. The Morgan fingerprint density at radius 1 is 1.37 bits per heavy atom. The summed E-state index contributed by atoms with van der Waals surface area (Å²) in [6, 6.07) is 7.92. The van der Waals surface area contributed by atoms with Gasteiger partial charge in [-0.1, -0.05) is 12.1 Å². The van der Waals surface area contributed by atoms with Crippen molar-refractivity contribution >= 4 is 10.0 Å². The van der Waals surface area contributed by atoms with Gasteiger partial charge < -0.3 is 4.90 Å². The van der Waals surface area contributed by atoms with Crippen molar-refractivity contribution in [2.24, 2.45) is 0 Å². The van der Waals surface area contributed by atoms with Gasteiger partial charge in [-0.3, -0.25) is 0 Å². The van der Waals surface area contributed by atoms with Gasteiger partial charge in [-0.15, -0.1) is 0 Å². The molecule has 0 bridgehead atoms. The first-order valence-electron chi connectivity index (χ1n) is 6.03. The number of rotatable bonds is 6. The van der Waals surface area contributed by atoms with Crippen molar-refractivity contribution in [3.8, 4) is 6.07 Å². The summed E-state index contributed by atoms with van der Waals surface area (Å²) in [5, 5.41) is 8.94. The standard InChI is InChI=1S/C13H19N3O2S/c1-11(8-9-16(2)3)15-19(17,18)13-7-5-4-6-12(13)10-14/h4-7,11,15H,8-9H2,1-3H3. The van der Waals surface area contributed by atoms with Crippen molar-refractivity contribution in [3.05, 3.63) is 29.8 Å². The van der Waals surface area contributed by atoms with Crippen molar-refractivity contribution in [1.29, 1.82) is 5.26 Å². The van der Waals surface area contributed by atoms with E-state index in [1.165, 1.54) is 12.1 Å². The van der Waals surface area contributed by atoms with Crippen LogP contribution in [0.2, 0.25) is 0 Å². The fourth-order valence-electron chi connectivity index (χ4n) is 1.63. The summed E-state index contributed by atoms with van der Waals surface area (Å²) in [5.74, 6) is 0. The first-order valence-corrected chi connectivity index (χ1v) is 7.51. The van der Waals surface area contributed by atoms with Crippen molar-refractivity contribution in [2.75, 3.05) is 20.6 Å². The number of nitriles is 1. The van der Waals surface area contributed by atoms with Crippen LogP contribution < -0.4 is 4.72 Å². The highest BCUT2D eigenvalue weighted by molar-refractivity contribution is 7.89. The molecule has 0 aliphatic carbocycles. The molecule has 19 heavy (non-hydrogen) atoms. The molecular formula is C13H19N3O2S. The molecule has 0 spiro atoms. The van der Waals surface area contributed by atoms with Crippen LogP contribution >= 0.6 is 0 Å². The molecule has 0 aromatic heterocycles. The summed E-state index contributed by atoms with van der Waals surface area (Å²) in [6.07, 6.45) is 0.709. The lowest BCUT2D eigenvalue weighted by Gasteiger charge is -2.17. The Hall–Kier alpha value is -1.42. The van der Waals surface area contributed by atoms with Crippen LogP contribution in [0.5, 0.6) is 0 Å². The summed E-state index contributed by atoms with van der Waals surface area (Å²) < 4.78 is 27.0. The highest BCUT2D eigenvalue weighted by Gasteiger charge is 2.20. The van der Waals surface area contributed by atoms with Crippen LogP contribution in [-0.2, 0) is 10.0 Å². The van der Waals surface area contributed by atoms with E-state index in [0.717, 1.165) is 6.54 Å². The number of nitrogens with one attached hydrogen (secondary N) is 1. The molecule has 1 aromatic carbocycles. The smallest absolute Gasteiger partial charge is 0.242 e. The fourth-order valence-corrected chi connectivity index (χ4v) is 3.07. The molecule has 1 unspecified atom stereocenters. The molecule has 1 atom stereocenters. The van der Waals surface area contributed by atoms with Gasteiger partial charge >= 0.3 is 0 Å². The van der Waals surface area contributed by atoms with E-state index in [2.05, 4.69) is 4.72 Å². The van der Waals surface area contributed by atoms with Crippen molar-refractivity contribution in [1.82, 2.24) is 9.62 Å². The minimum absolute atomic E-state index is 0.0363. The zero-order chi connectivity index (χ0) is 14.5. The van der Waals surface area contributed by atoms with E-state index in [1.54, 1.807) is 12.1 Å². The Kier molecular flexibility index (Phi) is 5.48. The van der Waals surface area contributed by atoms with Crippen molar-refractivity contribution < 1.29 is 8.42 Å². The third-order valence-electron chi connectivity index (χ3n) is 2.66. The monoisotopic (exact) mass is 281 g/mol. The molecule has 0 amide bonds. The maximum atomic E-state index is 12.2. The fraction of sp³-hybridized carbons (Fsp3) is 0.462. The number of hydrogen-bond donors (Lipinski definition) is 1. The number of hydrogen-bond acceptors (Lipinski definition) is 4. The van der Waals surface area contributed by atoms with Gasteiger partial charge in [-0.05, 0) is 46.1 Å². The van der Waals surface area contributed by atoms with Gasteiger partial charge in [-0.2, -0.15) is 5.26 Å². The summed E-state index contributed by atoms with van der Waals surface area (Å²) >= 11 is 0. The summed E-state index contributed by atoms with van der Waals surface area (Å²) in [6.45, 7) is 2.61. The lowest BCUT2D eigenvalue weighted by Crippen LogP contribution is -2.35. The molecule has 0 radical (unpaired) electrons. The largest absolute Gasteiger partial charge is 0.309 e. The van der Waals surface area contributed by atoms with Crippen LogP contribution in [0.15, 0.2) is 29.2 Å². The van der Waals surface area contributed by atoms with Crippen LogP contribution in [-0.4, -0.2) is 40.0 Å². The van der Waals surface area contributed by atoms with Crippen LogP contribution in [0, 0.1) is 11.3 Å². The van der Waals surface area contributed by atoms with E-state index in [4.69, 9.17) is 5.26 Å². The van der Waals surface area contributed by atoms with Crippen LogP contribution in [0.25, 0.3) is 0 Å². The third kappa shape index (κ3) is 4.63. The Labute approximate surface area is 114 Å². The highest BCUT2D eigenvalue weighted by atomic mass is 32.2. The molecular weight excluding hydrogens is 262 g/mol. The molecule has 1 aromatic rings. The van der Waals surface area contributed by atoms with Gasteiger partial charge in [0.1, 0.15) is 6.07 Å². The molecule has 0 aliphatic heterocycles. The predicted molar refractivity (Wildman–Crippen MR) is 74.1 cm³/mol. The topological polar surface area (TPSA) is 73.2 Å². The van der Waals surface area contributed by atoms with Crippen LogP contribution in [0.1, 0.15) is 18.9 Å². The number of nitrogens with zero attached hydrogens (tertiary/aromatic N) is 2. The van der Waals surface area contributed by atoms with E-state index >= 15 is 0 Å². The molecule has 0 saturated carbocycles. The molecule has 5 nitrogen and oxygen atoms in total. The first-order chi connectivity index (χ1) is 8.86. The minimum atomic E-state index is -3.64. The van der Waals surface area contributed by atoms with Gasteiger partial charge in [0, 0.05) is 6.04 Å². The van der Waals surface area contributed by atoms with Crippen molar-refractivity contribution in [2.45, 2.75) is 24.3 Å². The van der Waals surface area contributed by atoms with Gasteiger partial charge in [0.25, 0.3) is 0 Å². The Morgan fingerprint density at radius 3 is 2.58 bits per heavy atom. The quantitative estimate of drug-likeness (QED) is 0.849. The van der Waals surface area contributed by atoms with E-state index in [1.807, 2.05) is 32.0 Å². The number of benzene rings is 1. The molecule has 104 valence electrons. The molecule has 0 fully saturated rings. The summed E-state index contributed by atoms with van der Waals surface area (Å²) in [7, 11) is 0.232. The van der Waals surface area contributed by atoms with Crippen LogP contribution in [0.3, 0.4) is 0 Å². The second-order valence-electron chi connectivity index (χ2n) is 4.72. The molecule has 1 rings (SSSR count). The molecule has 0 heterocycles. The Balaban J connectivity index is 2.84. The average Bonchev–Trinajstić information content (AvgIpc) is 2.35. The van der Waals surface area contributed by atoms with E-state index in [0.29, 0.717) is 6.42 Å². The van der Waals surface area contributed by atoms with Gasteiger partial charge in [-0.25, -0.2) is 13.1 Å². The second kappa shape index (κ2) is 6.66. The van der Waals surface area contributed by atoms with Gasteiger partial charge in [0.15, 0.2) is 0 Å². The molecule has 0 saturated heterocycles. The minimum Gasteiger partial charge on any atom is -0.309 e. The van der Waals surface area contributed by atoms with Crippen molar-refractivity contribution in [3.63, 3.8) is 0 Å². The molecule has 1 N–H and O–H groups in total. The SMILES string of the molecule is CC(CCN(C)C)NS(=O)(=O)c1ccccc1C#N. The molecule has 6 heteroatoms. The lowest BCUT2D eigenvalue weighted by atomic mass is 10.2. The first kappa shape index (κ1) is 15.6. The summed E-state index contributed by atoms with van der Waals surface area (Å²) in [4.78, 5) is 2.03. The average molecular weight is 281 g/mol. The Morgan fingerprint density at radius 2 is 2.00 bits per heavy atom. The van der Waals surface area contributed by atoms with E-state index < -0.39 is 10.0 Å². The summed E-state index contributed by atoms with van der Waals surface area (Å²) in [5.41, 5.74) is 0.162. The third-order valence-corrected chi connectivity index (χ3v) is 4.31. The zero-order valence-corrected chi connectivity index (χ0v) is 12.2. The maximum Gasteiger partial charge on any atom is 0.242 e. The van der Waals surface area contributed by atoms with Gasteiger partial charge in [0.05, 0.1) is 10.5 Å². The van der Waals surface area contributed by atoms with Crippen LogP contribution in [0.4, 0.5) is 0 Å². The lowest BCUT2D eigenvalue weighted by molar-refractivity contribution is 0.379. The van der Waals surface area contributed by atoms with E-state index in [-0.39, 0.29) is 16.5 Å². The second-order valence-corrected chi connectivity index (χ2v) is 6.40. The van der Waals surface area contributed by atoms with E-state index in [9.17, 15) is 8.42 Å². The molecule has 0 aliphatic rings. The Bertz CT molecular complexity index is 561. The normalized spacial score (nSPS) is 13.2. The predicted octanol–water partition coefficient (Wildman–Crippen LogP) is 1.18.